The normalized spacial score (nSPS) is 10.2. The lowest BCUT2D eigenvalue weighted by molar-refractivity contribution is 0.970. The first kappa shape index (κ1) is 16.2. The summed E-state index contributed by atoms with van der Waals surface area (Å²) in [5.74, 6) is 0.419. The van der Waals surface area contributed by atoms with Crippen molar-refractivity contribution in [1.82, 2.24) is 19.9 Å². The van der Waals surface area contributed by atoms with Crippen molar-refractivity contribution in [3.8, 4) is 17.3 Å². The highest BCUT2D eigenvalue weighted by Gasteiger charge is 2.10. The Hall–Kier alpha value is -2.69. The van der Waals surface area contributed by atoms with E-state index in [2.05, 4.69) is 31.3 Å². The minimum Gasteiger partial charge on any atom is -0.324 e. The molecule has 3 rings (SSSR count). The molecule has 1 N–H and O–H groups in total. The van der Waals surface area contributed by atoms with E-state index in [-0.39, 0.29) is 0 Å². The molecule has 0 saturated carbocycles. The molecular formula is C16H11ClN6S. The molecule has 2 heterocycles. The van der Waals surface area contributed by atoms with Crippen LogP contribution in [0.4, 0.5) is 11.6 Å². The molecular weight excluding hydrogens is 344 g/mol. The summed E-state index contributed by atoms with van der Waals surface area (Å²) in [5.41, 5.74) is 2.64. The van der Waals surface area contributed by atoms with Crippen LogP contribution in [0.3, 0.4) is 0 Å². The zero-order valence-corrected chi connectivity index (χ0v) is 14.1. The molecule has 1 aromatic carbocycles. The molecule has 0 saturated heterocycles. The third-order valence-corrected chi connectivity index (χ3v) is 3.95. The Labute approximate surface area is 148 Å². The molecule has 0 unspecified atom stereocenters. The number of benzene rings is 1. The van der Waals surface area contributed by atoms with Gasteiger partial charge in [-0.3, -0.25) is 0 Å². The smallest absolute Gasteiger partial charge is 0.227 e. The van der Waals surface area contributed by atoms with Crippen LogP contribution >= 0.6 is 23.4 Å². The van der Waals surface area contributed by atoms with Gasteiger partial charge in [-0.15, -0.1) is 0 Å². The van der Waals surface area contributed by atoms with E-state index in [1.165, 1.54) is 11.8 Å². The minimum atomic E-state index is 0.345. The molecule has 24 heavy (non-hydrogen) atoms. The van der Waals surface area contributed by atoms with Gasteiger partial charge in [-0.25, -0.2) is 19.9 Å². The van der Waals surface area contributed by atoms with Crippen molar-refractivity contribution < 1.29 is 0 Å². The van der Waals surface area contributed by atoms with Crippen LogP contribution < -0.4 is 5.32 Å². The molecule has 2 aromatic heterocycles. The van der Waals surface area contributed by atoms with E-state index in [0.29, 0.717) is 33.1 Å². The second-order valence-electron chi connectivity index (χ2n) is 4.64. The average Bonchev–Trinajstić information content (AvgIpc) is 2.62. The fraction of sp³-hybridized carbons (Fsp3) is 0.0625. The molecule has 0 atom stereocenters. The molecule has 6 nitrogen and oxygen atoms in total. The number of nitrogens with zero attached hydrogens (tertiary/aromatic N) is 5. The Morgan fingerprint density at radius 3 is 2.58 bits per heavy atom. The maximum Gasteiger partial charge on any atom is 0.227 e. The summed E-state index contributed by atoms with van der Waals surface area (Å²) in [7, 11) is 0. The number of halogens is 1. The van der Waals surface area contributed by atoms with Gasteiger partial charge in [-0.1, -0.05) is 23.4 Å². The number of hydrogen-bond acceptors (Lipinski definition) is 7. The number of anilines is 2. The van der Waals surface area contributed by atoms with Crippen molar-refractivity contribution in [3.63, 3.8) is 0 Å². The summed E-state index contributed by atoms with van der Waals surface area (Å²) in [6, 6.07) is 10.8. The highest BCUT2D eigenvalue weighted by atomic mass is 35.5. The maximum atomic E-state index is 8.82. The fourth-order valence-corrected chi connectivity index (χ4v) is 2.56. The minimum absolute atomic E-state index is 0.345. The quantitative estimate of drug-likeness (QED) is 0.431. The van der Waals surface area contributed by atoms with Gasteiger partial charge >= 0.3 is 0 Å². The van der Waals surface area contributed by atoms with Crippen LogP contribution in [-0.4, -0.2) is 26.2 Å². The topological polar surface area (TPSA) is 87.4 Å². The van der Waals surface area contributed by atoms with Gasteiger partial charge in [0.05, 0.1) is 22.9 Å². The van der Waals surface area contributed by atoms with Gasteiger partial charge < -0.3 is 5.32 Å². The highest BCUT2D eigenvalue weighted by Crippen LogP contribution is 2.26. The largest absolute Gasteiger partial charge is 0.324 e. The Bertz CT molecular complexity index is 907. The van der Waals surface area contributed by atoms with Crippen molar-refractivity contribution in [2.45, 2.75) is 5.16 Å². The third kappa shape index (κ3) is 3.62. The second kappa shape index (κ2) is 7.25. The van der Waals surface area contributed by atoms with Crippen molar-refractivity contribution in [2.24, 2.45) is 0 Å². The van der Waals surface area contributed by atoms with Gasteiger partial charge in [-0.2, -0.15) is 5.26 Å². The van der Waals surface area contributed by atoms with Crippen LogP contribution in [0.2, 0.25) is 5.15 Å². The maximum absolute atomic E-state index is 8.82. The van der Waals surface area contributed by atoms with Crippen LogP contribution in [-0.2, 0) is 0 Å². The molecule has 0 aliphatic heterocycles. The molecule has 0 aliphatic rings. The molecule has 0 radical (unpaired) electrons. The standard InChI is InChI=1S/C16H11ClN6S/c1-24-16-20-9-12(14(17)23-16)13-6-7-19-15(22-13)21-11-4-2-10(8-18)3-5-11/h2-7,9H,1H3,(H,19,21,22). The first-order chi connectivity index (χ1) is 11.7. The van der Waals surface area contributed by atoms with E-state index in [0.717, 1.165) is 5.69 Å². The summed E-state index contributed by atoms with van der Waals surface area (Å²) < 4.78 is 0. The summed E-state index contributed by atoms with van der Waals surface area (Å²) in [6.07, 6.45) is 5.16. The van der Waals surface area contributed by atoms with Crippen LogP contribution in [0.25, 0.3) is 11.3 Å². The molecule has 0 amide bonds. The highest BCUT2D eigenvalue weighted by molar-refractivity contribution is 7.98. The van der Waals surface area contributed by atoms with Crippen molar-refractivity contribution in [2.75, 3.05) is 11.6 Å². The summed E-state index contributed by atoms with van der Waals surface area (Å²) in [5, 5.41) is 12.9. The Morgan fingerprint density at radius 1 is 1.12 bits per heavy atom. The number of aromatic nitrogens is 4. The Balaban J connectivity index is 1.87. The van der Waals surface area contributed by atoms with Crippen molar-refractivity contribution >= 4 is 35.0 Å². The van der Waals surface area contributed by atoms with Crippen LogP contribution in [0.15, 0.2) is 47.9 Å². The van der Waals surface area contributed by atoms with Gasteiger partial charge in [0, 0.05) is 18.1 Å². The van der Waals surface area contributed by atoms with Crippen molar-refractivity contribution in [1.29, 1.82) is 5.26 Å². The lowest BCUT2D eigenvalue weighted by atomic mass is 10.2. The van der Waals surface area contributed by atoms with Gasteiger partial charge in [0.25, 0.3) is 0 Å². The molecule has 0 aliphatic carbocycles. The number of rotatable bonds is 4. The van der Waals surface area contributed by atoms with E-state index in [1.54, 1.807) is 42.7 Å². The van der Waals surface area contributed by atoms with Gasteiger partial charge in [0.2, 0.25) is 5.95 Å². The zero-order chi connectivity index (χ0) is 16.9. The van der Waals surface area contributed by atoms with Crippen LogP contribution in [0.1, 0.15) is 5.56 Å². The van der Waals surface area contributed by atoms with Crippen LogP contribution in [0.5, 0.6) is 0 Å². The number of hydrogen-bond donors (Lipinski definition) is 1. The molecule has 8 heteroatoms. The first-order valence-electron chi connectivity index (χ1n) is 6.87. The predicted molar refractivity (Wildman–Crippen MR) is 94.3 cm³/mol. The average molecular weight is 355 g/mol. The van der Waals surface area contributed by atoms with Gasteiger partial charge in [0.15, 0.2) is 5.16 Å². The number of thioether (sulfide) groups is 1. The van der Waals surface area contributed by atoms with Crippen molar-refractivity contribution in [3.05, 3.63) is 53.4 Å². The Kier molecular flexibility index (Phi) is 4.89. The Morgan fingerprint density at radius 2 is 1.92 bits per heavy atom. The predicted octanol–water partition coefficient (Wildman–Crippen LogP) is 3.92. The lowest BCUT2D eigenvalue weighted by Crippen LogP contribution is -1.99. The second-order valence-corrected chi connectivity index (χ2v) is 5.77. The zero-order valence-electron chi connectivity index (χ0n) is 12.6. The van der Waals surface area contributed by atoms with E-state index in [9.17, 15) is 0 Å². The molecule has 118 valence electrons. The SMILES string of the molecule is CSc1ncc(-c2ccnc(Nc3ccc(C#N)cc3)n2)c(Cl)n1. The lowest BCUT2D eigenvalue weighted by Gasteiger charge is -2.07. The van der Waals surface area contributed by atoms with Gasteiger partial charge in [-0.05, 0) is 36.6 Å². The van der Waals surface area contributed by atoms with E-state index in [1.807, 2.05) is 6.26 Å². The molecule has 0 bridgehead atoms. The molecule has 3 aromatic rings. The van der Waals surface area contributed by atoms with E-state index < -0.39 is 0 Å². The summed E-state index contributed by atoms with van der Waals surface area (Å²) >= 11 is 7.63. The number of nitrogens with one attached hydrogen (secondary N) is 1. The van der Waals surface area contributed by atoms with Gasteiger partial charge in [0.1, 0.15) is 5.15 Å². The first-order valence-corrected chi connectivity index (χ1v) is 8.47. The van der Waals surface area contributed by atoms with E-state index in [4.69, 9.17) is 16.9 Å². The van der Waals surface area contributed by atoms with E-state index >= 15 is 0 Å². The summed E-state index contributed by atoms with van der Waals surface area (Å²) in [4.78, 5) is 17.1. The number of nitriles is 1. The fourth-order valence-electron chi connectivity index (χ4n) is 1.94. The molecule has 0 spiro atoms. The summed E-state index contributed by atoms with van der Waals surface area (Å²) in [6.45, 7) is 0. The third-order valence-electron chi connectivity index (χ3n) is 3.10. The van der Waals surface area contributed by atoms with Crippen LogP contribution in [0, 0.1) is 11.3 Å². The molecule has 0 fully saturated rings. The monoisotopic (exact) mass is 354 g/mol.